The van der Waals surface area contributed by atoms with Gasteiger partial charge in [-0.3, -0.25) is 0 Å². The van der Waals surface area contributed by atoms with Gasteiger partial charge in [0.1, 0.15) is 0 Å². The number of hydrogen-bond donors (Lipinski definition) is 1. The Morgan fingerprint density at radius 2 is 1.90 bits per heavy atom. The summed E-state index contributed by atoms with van der Waals surface area (Å²) in [6.07, 6.45) is -4.84. The molecule has 1 aromatic carbocycles. The summed E-state index contributed by atoms with van der Waals surface area (Å²) < 4.78 is 46.1. The molecule has 0 saturated carbocycles. The van der Waals surface area contributed by atoms with Gasteiger partial charge in [-0.2, -0.15) is 13.2 Å². The lowest BCUT2D eigenvalue weighted by Gasteiger charge is -2.12. The van der Waals surface area contributed by atoms with E-state index < -0.39 is 12.6 Å². The van der Waals surface area contributed by atoms with Crippen LogP contribution in [0.1, 0.15) is 18.4 Å². The van der Waals surface area contributed by atoms with Crippen LogP contribution in [0.5, 0.6) is 11.5 Å². The standard InChI is InChI=1S/C13H17ClF3NO2/c1-19-11-7-9(6-10(14)12(11)20-2)8-18-5-3-4-13(15,16)17/h6-7,18H,3-5,8H2,1-2H3. The highest BCUT2D eigenvalue weighted by Crippen LogP contribution is 2.35. The SMILES string of the molecule is COc1cc(CNCCCC(F)(F)F)cc(Cl)c1OC. The third kappa shape index (κ3) is 5.46. The monoisotopic (exact) mass is 311 g/mol. The summed E-state index contributed by atoms with van der Waals surface area (Å²) >= 11 is 6.03. The number of hydrogen-bond acceptors (Lipinski definition) is 3. The van der Waals surface area contributed by atoms with Crippen LogP contribution in [0.25, 0.3) is 0 Å². The van der Waals surface area contributed by atoms with Gasteiger partial charge in [-0.15, -0.1) is 0 Å². The van der Waals surface area contributed by atoms with Gasteiger partial charge >= 0.3 is 6.18 Å². The summed E-state index contributed by atoms with van der Waals surface area (Å²) in [6.45, 7) is 0.698. The van der Waals surface area contributed by atoms with Crippen molar-refractivity contribution in [2.45, 2.75) is 25.6 Å². The van der Waals surface area contributed by atoms with Crippen LogP contribution >= 0.6 is 11.6 Å². The molecule has 0 aliphatic rings. The first-order valence-corrected chi connectivity index (χ1v) is 6.43. The van der Waals surface area contributed by atoms with Crippen molar-refractivity contribution < 1.29 is 22.6 Å². The van der Waals surface area contributed by atoms with Gasteiger partial charge in [0.15, 0.2) is 11.5 Å². The highest BCUT2D eigenvalue weighted by Gasteiger charge is 2.25. The maximum absolute atomic E-state index is 12.0. The fraction of sp³-hybridized carbons (Fsp3) is 0.538. The van der Waals surface area contributed by atoms with Gasteiger partial charge in [0.25, 0.3) is 0 Å². The number of nitrogens with one attached hydrogen (secondary N) is 1. The second kappa shape index (κ2) is 7.59. The molecule has 0 aliphatic carbocycles. The average molecular weight is 312 g/mol. The third-order valence-corrected chi connectivity index (χ3v) is 2.92. The Kier molecular flexibility index (Phi) is 6.42. The molecular weight excluding hydrogens is 295 g/mol. The number of ether oxygens (including phenoxy) is 2. The van der Waals surface area contributed by atoms with Crippen LogP contribution in [0, 0.1) is 0 Å². The van der Waals surface area contributed by atoms with Gasteiger partial charge in [-0.05, 0) is 30.7 Å². The van der Waals surface area contributed by atoms with E-state index in [9.17, 15) is 13.2 Å². The topological polar surface area (TPSA) is 30.5 Å². The quantitative estimate of drug-likeness (QED) is 0.777. The van der Waals surface area contributed by atoms with Gasteiger partial charge in [0, 0.05) is 13.0 Å². The molecule has 0 fully saturated rings. The highest BCUT2D eigenvalue weighted by atomic mass is 35.5. The van der Waals surface area contributed by atoms with Crippen LogP contribution in [0.4, 0.5) is 13.2 Å². The minimum atomic E-state index is -4.10. The molecule has 1 N–H and O–H groups in total. The Bertz CT molecular complexity index is 438. The molecule has 1 rings (SSSR count). The van der Waals surface area contributed by atoms with Crippen molar-refractivity contribution >= 4 is 11.6 Å². The molecule has 0 amide bonds. The lowest BCUT2D eigenvalue weighted by molar-refractivity contribution is -0.135. The van der Waals surface area contributed by atoms with E-state index in [1.165, 1.54) is 14.2 Å². The van der Waals surface area contributed by atoms with Crippen molar-refractivity contribution in [1.29, 1.82) is 0 Å². The molecule has 0 saturated heterocycles. The van der Waals surface area contributed by atoms with Gasteiger partial charge in [-0.25, -0.2) is 0 Å². The van der Waals surface area contributed by atoms with Crippen LogP contribution < -0.4 is 14.8 Å². The minimum Gasteiger partial charge on any atom is -0.493 e. The summed E-state index contributed by atoms with van der Waals surface area (Å²) in [5.41, 5.74) is 0.819. The summed E-state index contributed by atoms with van der Waals surface area (Å²) in [5.74, 6) is 0.932. The summed E-state index contributed by atoms with van der Waals surface area (Å²) in [5, 5.41) is 3.34. The highest BCUT2D eigenvalue weighted by molar-refractivity contribution is 6.32. The van der Waals surface area contributed by atoms with Crippen molar-refractivity contribution in [2.75, 3.05) is 20.8 Å². The van der Waals surface area contributed by atoms with Gasteiger partial charge in [0.05, 0.1) is 19.2 Å². The predicted octanol–water partition coefficient (Wildman–Crippen LogP) is 3.79. The molecule has 0 heterocycles. The van der Waals surface area contributed by atoms with E-state index in [2.05, 4.69) is 5.32 Å². The number of benzene rings is 1. The predicted molar refractivity (Wildman–Crippen MR) is 71.6 cm³/mol. The van der Waals surface area contributed by atoms with E-state index in [1.807, 2.05) is 0 Å². The van der Waals surface area contributed by atoms with E-state index in [0.29, 0.717) is 23.1 Å². The molecule has 0 aliphatic heterocycles. The van der Waals surface area contributed by atoms with E-state index >= 15 is 0 Å². The van der Waals surface area contributed by atoms with Crippen LogP contribution in [-0.4, -0.2) is 26.9 Å². The second-order valence-corrected chi connectivity index (χ2v) is 4.62. The van der Waals surface area contributed by atoms with Crippen molar-refractivity contribution in [3.63, 3.8) is 0 Å². The lowest BCUT2D eigenvalue weighted by Crippen LogP contribution is -2.17. The number of methoxy groups -OCH3 is 2. The van der Waals surface area contributed by atoms with Gasteiger partial charge < -0.3 is 14.8 Å². The third-order valence-electron chi connectivity index (χ3n) is 2.64. The molecule has 1 aromatic rings. The second-order valence-electron chi connectivity index (χ2n) is 4.21. The Balaban J connectivity index is 2.50. The van der Waals surface area contributed by atoms with Crippen molar-refractivity contribution in [3.8, 4) is 11.5 Å². The Labute approximate surface area is 121 Å². The molecule has 0 atom stereocenters. The first-order chi connectivity index (χ1) is 9.37. The van der Waals surface area contributed by atoms with E-state index in [1.54, 1.807) is 12.1 Å². The molecule has 0 radical (unpaired) electrons. The molecular formula is C13H17ClF3NO2. The maximum atomic E-state index is 12.0. The molecule has 7 heteroatoms. The van der Waals surface area contributed by atoms with Gasteiger partial charge in [0.2, 0.25) is 0 Å². The Morgan fingerprint density at radius 3 is 2.45 bits per heavy atom. The lowest BCUT2D eigenvalue weighted by atomic mass is 10.2. The smallest absolute Gasteiger partial charge is 0.389 e. The average Bonchev–Trinajstić information content (AvgIpc) is 2.36. The number of alkyl halides is 3. The molecule has 0 spiro atoms. The zero-order chi connectivity index (χ0) is 15.2. The zero-order valence-electron chi connectivity index (χ0n) is 11.3. The Morgan fingerprint density at radius 1 is 1.20 bits per heavy atom. The van der Waals surface area contributed by atoms with Crippen molar-refractivity contribution in [3.05, 3.63) is 22.7 Å². The van der Waals surface area contributed by atoms with Crippen molar-refractivity contribution in [1.82, 2.24) is 5.32 Å². The maximum Gasteiger partial charge on any atom is 0.389 e. The number of rotatable bonds is 7. The van der Waals surface area contributed by atoms with Crippen LogP contribution in [0.3, 0.4) is 0 Å². The van der Waals surface area contributed by atoms with Crippen molar-refractivity contribution in [2.24, 2.45) is 0 Å². The molecule has 3 nitrogen and oxygen atoms in total. The summed E-state index contributed by atoms with van der Waals surface area (Å²) in [4.78, 5) is 0. The normalized spacial score (nSPS) is 11.5. The first-order valence-electron chi connectivity index (χ1n) is 6.05. The fourth-order valence-electron chi connectivity index (χ4n) is 1.72. The molecule has 0 unspecified atom stereocenters. The first kappa shape index (κ1) is 16.9. The fourth-order valence-corrected chi connectivity index (χ4v) is 2.03. The van der Waals surface area contributed by atoms with Crippen LogP contribution in [0.2, 0.25) is 5.02 Å². The number of halogens is 4. The van der Waals surface area contributed by atoms with Crippen LogP contribution in [0.15, 0.2) is 12.1 Å². The largest absolute Gasteiger partial charge is 0.493 e. The summed E-state index contributed by atoms with van der Waals surface area (Å²) in [7, 11) is 2.98. The molecule has 0 bridgehead atoms. The molecule has 0 aromatic heterocycles. The van der Waals surface area contributed by atoms with E-state index in [4.69, 9.17) is 21.1 Å². The van der Waals surface area contributed by atoms with E-state index in [-0.39, 0.29) is 13.0 Å². The molecule has 20 heavy (non-hydrogen) atoms. The van der Waals surface area contributed by atoms with Gasteiger partial charge in [-0.1, -0.05) is 11.6 Å². The Hall–Kier alpha value is -1.14. The summed E-state index contributed by atoms with van der Waals surface area (Å²) in [6, 6.07) is 3.43. The van der Waals surface area contributed by atoms with Crippen LogP contribution in [-0.2, 0) is 6.54 Å². The zero-order valence-corrected chi connectivity index (χ0v) is 12.1. The minimum absolute atomic E-state index is 0.0462. The van der Waals surface area contributed by atoms with E-state index in [0.717, 1.165) is 5.56 Å². The molecule has 114 valence electrons.